The van der Waals surface area contributed by atoms with Gasteiger partial charge in [0.2, 0.25) is 0 Å². The lowest BCUT2D eigenvalue weighted by Gasteiger charge is -2.07. The van der Waals surface area contributed by atoms with Gasteiger partial charge in [0.05, 0.1) is 11.3 Å². The van der Waals surface area contributed by atoms with Crippen LogP contribution in [0.1, 0.15) is 11.1 Å². The van der Waals surface area contributed by atoms with E-state index in [1.807, 2.05) is 0 Å². The Kier molecular flexibility index (Phi) is 4.72. The Labute approximate surface area is 145 Å². The number of nitrogens with zero attached hydrogens (tertiary/aromatic N) is 6. The molecule has 9 heteroatoms. The Morgan fingerprint density at radius 2 is 1.73 bits per heavy atom. The number of rotatable bonds is 4. The van der Waals surface area contributed by atoms with Crippen LogP contribution in [0.15, 0.2) is 66.2 Å². The number of hydrogen-bond donors (Lipinski definition) is 0. The minimum Gasteiger partial charge on any atom is -0.220 e. The highest BCUT2D eigenvalue weighted by Gasteiger charge is 2.30. The van der Waals surface area contributed by atoms with Crippen molar-refractivity contribution in [3.63, 3.8) is 0 Å². The first-order valence-corrected chi connectivity index (χ1v) is 7.38. The van der Waals surface area contributed by atoms with Crippen molar-refractivity contribution in [3.05, 3.63) is 82.6 Å². The van der Waals surface area contributed by atoms with Gasteiger partial charge >= 0.3 is 6.18 Å². The summed E-state index contributed by atoms with van der Waals surface area (Å²) in [6.07, 6.45) is 0.0541. The molecule has 0 aliphatic rings. The van der Waals surface area contributed by atoms with E-state index in [0.717, 1.165) is 23.3 Å². The van der Waals surface area contributed by atoms with Crippen LogP contribution in [0.4, 0.5) is 13.2 Å². The van der Waals surface area contributed by atoms with Gasteiger partial charge in [-0.1, -0.05) is 35.5 Å². The maximum atomic E-state index is 12.6. The van der Waals surface area contributed by atoms with Crippen LogP contribution in [0.25, 0.3) is 33.6 Å². The molecular weight excluding hydrogens is 345 g/mol. The van der Waals surface area contributed by atoms with Gasteiger partial charge in [-0.25, -0.2) is 9.67 Å². The Balaban J connectivity index is 1.80. The molecule has 0 aliphatic carbocycles. The van der Waals surface area contributed by atoms with Crippen molar-refractivity contribution in [2.75, 3.05) is 0 Å². The monoisotopic (exact) mass is 356 g/mol. The summed E-state index contributed by atoms with van der Waals surface area (Å²) in [4.78, 5) is 6.80. The van der Waals surface area contributed by atoms with Crippen molar-refractivity contribution >= 4 is 6.08 Å². The molecular formula is C17H11F3N6. The molecule has 0 aliphatic heterocycles. The van der Waals surface area contributed by atoms with E-state index < -0.39 is 11.7 Å². The first-order valence-electron chi connectivity index (χ1n) is 7.38. The molecule has 1 aromatic heterocycles. The van der Waals surface area contributed by atoms with Crippen molar-refractivity contribution in [1.29, 1.82) is 0 Å². The molecule has 0 bridgehead atoms. The Bertz CT molecular complexity index is 965. The first kappa shape index (κ1) is 17.2. The van der Waals surface area contributed by atoms with Gasteiger partial charge in [0, 0.05) is 16.7 Å². The summed E-state index contributed by atoms with van der Waals surface area (Å²) in [6, 6.07) is 11.9. The topological polar surface area (TPSA) is 79.5 Å². The van der Waals surface area contributed by atoms with Gasteiger partial charge in [0.1, 0.15) is 6.33 Å². The van der Waals surface area contributed by atoms with Crippen LogP contribution in [-0.4, -0.2) is 14.8 Å². The van der Waals surface area contributed by atoms with Crippen molar-refractivity contribution < 1.29 is 13.2 Å². The summed E-state index contributed by atoms with van der Waals surface area (Å²) in [7, 11) is 0. The predicted octanol–water partition coefficient (Wildman–Crippen LogP) is 5.23. The largest absolute Gasteiger partial charge is 0.416 e. The summed E-state index contributed by atoms with van der Waals surface area (Å²) < 4.78 is 39.3. The molecule has 0 amide bonds. The van der Waals surface area contributed by atoms with E-state index in [1.165, 1.54) is 29.3 Å². The van der Waals surface area contributed by atoms with Gasteiger partial charge in [0.25, 0.3) is 0 Å². The number of hydrogen-bond acceptors (Lipinski definition) is 3. The maximum Gasteiger partial charge on any atom is 0.416 e. The van der Waals surface area contributed by atoms with Crippen LogP contribution >= 0.6 is 0 Å². The zero-order valence-electron chi connectivity index (χ0n) is 13.2. The number of aromatic nitrogens is 3. The van der Waals surface area contributed by atoms with E-state index in [0.29, 0.717) is 11.5 Å². The summed E-state index contributed by atoms with van der Waals surface area (Å²) in [5.74, 6) is 0.440. The van der Waals surface area contributed by atoms with E-state index in [2.05, 4.69) is 20.1 Å². The van der Waals surface area contributed by atoms with E-state index in [4.69, 9.17) is 5.53 Å². The normalized spacial score (nSPS) is 11.5. The fraction of sp³-hybridized carbons (Fsp3) is 0.0588. The minimum atomic E-state index is -4.37. The number of azide groups is 1. The van der Waals surface area contributed by atoms with Crippen molar-refractivity contribution in [3.8, 4) is 17.1 Å². The Morgan fingerprint density at radius 1 is 1.04 bits per heavy atom. The SMILES string of the molecule is [N-]=[N+]=NC=Cc1ccc(-c2ncn(-c3ccc(C(F)(F)F)cc3)n2)cc1. The van der Waals surface area contributed by atoms with Crippen LogP contribution in [0.3, 0.4) is 0 Å². The van der Waals surface area contributed by atoms with E-state index >= 15 is 0 Å². The van der Waals surface area contributed by atoms with E-state index in [1.54, 1.807) is 30.3 Å². The fourth-order valence-electron chi connectivity index (χ4n) is 2.22. The molecule has 3 rings (SSSR count). The molecule has 6 nitrogen and oxygen atoms in total. The number of alkyl halides is 3. The molecule has 3 aromatic rings. The highest BCUT2D eigenvalue weighted by atomic mass is 19.4. The van der Waals surface area contributed by atoms with Gasteiger partial charge in [-0.2, -0.15) is 13.2 Å². The van der Waals surface area contributed by atoms with Crippen molar-refractivity contribution in [2.45, 2.75) is 6.18 Å². The third-order valence-electron chi connectivity index (χ3n) is 3.51. The summed E-state index contributed by atoms with van der Waals surface area (Å²) in [6.45, 7) is 0. The lowest BCUT2D eigenvalue weighted by atomic mass is 10.1. The van der Waals surface area contributed by atoms with Crippen molar-refractivity contribution in [2.24, 2.45) is 5.11 Å². The molecule has 0 radical (unpaired) electrons. The molecule has 0 N–H and O–H groups in total. The zero-order chi connectivity index (χ0) is 18.6. The summed E-state index contributed by atoms with van der Waals surface area (Å²) in [5.41, 5.74) is 9.56. The lowest BCUT2D eigenvalue weighted by molar-refractivity contribution is -0.137. The maximum absolute atomic E-state index is 12.6. The highest BCUT2D eigenvalue weighted by Crippen LogP contribution is 2.29. The second-order valence-electron chi connectivity index (χ2n) is 5.20. The smallest absolute Gasteiger partial charge is 0.220 e. The summed E-state index contributed by atoms with van der Waals surface area (Å²) >= 11 is 0. The van der Waals surface area contributed by atoms with Crippen LogP contribution in [0.5, 0.6) is 0 Å². The van der Waals surface area contributed by atoms with Gasteiger partial charge < -0.3 is 0 Å². The van der Waals surface area contributed by atoms with E-state index in [-0.39, 0.29) is 0 Å². The van der Waals surface area contributed by atoms with Crippen LogP contribution in [0.2, 0.25) is 0 Å². The minimum absolute atomic E-state index is 0.440. The highest BCUT2D eigenvalue weighted by molar-refractivity contribution is 5.59. The Morgan fingerprint density at radius 3 is 2.35 bits per heavy atom. The van der Waals surface area contributed by atoms with Gasteiger partial charge in [-0.3, -0.25) is 0 Å². The van der Waals surface area contributed by atoms with Crippen LogP contribution < -0.4 is 0 Å². The van der Waals surface area contributed by atoms with Crippen LogP contribution in [0, 0.1) is 0 Å². The Hall–Kier alpha value is -3.58. The standard InChI is InChI=1S/C17H11F3N6/c18-17(19,20)14-5-7-15(8-6-14)26-11-22-16(24-26)13-3-1-12(2-4-13)9-10-23-25-21/h1-11H. The predicted molar refractivity (Wildman–Crippen MR) is 90.0 cm³/mol. The molecule has 0 fully saturated rings. The third-order valence-corrected chi connectivity index (χ3v) is 3.51. The van der Waals surface area contributed by atoms with Gasteiger partial charge in [-0.05, 0) is 35.4 Å². The molecule has 0 atom stereocenters. The number of halogens is 3. The summed E-state index contributed by atoms with van der Waals surface area (Å²) in [5, 5.41) is 7.59. The molecule has 0 saturated heterocycles. The average Bonchev–Trinajstić information content (AvgIpc) is 3.12. The molecule has 0 unspecified atom stereocenters. The molecule has 2 aromatic carbocycles. The quantitative estimate of drug-likeness (QED) is 0.364. The number of benzene rings is 2. The molecule has 1 heterocycles. The van der Waals surface area contributed by atoms with E-state index in [9.17, 15) is 13.2 Å². The van der Waals surface area contributed by atoms with Gasteiger partial charge in [-0.15, -0.1) is 5.10 Å². The fourth-order valence-corrected chi connectivity index (χ4v) is 2.22. The molecule has 0 spiro atoms. The molecule has 130 valence electrons. The zero-order valence-corrected chi connectivity index (χ0v) is 13.2. The average molecular weight is 356 g/mol. The van der Waals surface area contributed by atoms with Gasteiger partial charge in [0.15, 0.2) is 5.82 Å². The van der Waals surface area contributed by atoms with Crippen molar-refractivity contribution in [1.82, 2.24) is 14.8 Å². The third kappa shape index (κ3) is 3.90. The first-order chi connectivity index (χ1) is 12.5. The second kappa shape index (κ2) is 7.12. The van der Waals surface area contributed by atoms with Crippen LogP contribution in [-0.2, 0) is 6.18 Å². The second-order valence-corrected chi connectivity index (χ2v) is 5.20. The molecule has 26 heavy (non-hydrogen) atoms. The molecule has 0 saturated carbocycles. The lowest BCUT2D eigenvalue weighted by Crippen LogP contribution is -2.05.